The second kappa shape index (κ2) is 3.88. The van der Waals surface area contributed by atoms with Crippen molar-refractivity contribution in [2.75, 3.05) is 0 Å². The van der Waals surface area contributed by atoms with E-state index in [1.165, 1.54) is 11.3 Å². The average molecular weight is 231 g/mol. The van der Waals surface area contributed by atoms with Crippen molar-refractivity contribution in [1.29, 1.82) is 0 Å². The van der Waals surface area contributed by atoms with E-state index >= 15 is 0 Å². The number of carbonyl (C=O) groups is 1. The number of nitrogens with two attached hydrogens (primary N) is 1. The fourth-order valence-electron chi connectivity index (χ4n) is 1.65. The summed E-state index contributed by atoms with van der Waals surface area (Å²) in [5.74, 6) is 0.0546. The fraction of sp³-hybridized carbons (Fsp3) is 0.444. The lowest BCUT2D eigenvalue weighted by Gasteiger charge is -2.29. The van der Waals surface area contributed by atoms with Crippen molar-refractivity contribution < 1.29 is 4.79 Å². The third-order valence-electron chi connectivity index (χ3n) is 2.43. The molecule has 0 aliphatic carbocycles. The first-order valence-electron chi connectivity index (χ1n) is 4.46. The lowest BCUT2D eigenvalue weighted by Crippen LogP contribution is -2.45. The second-order valence-corrected chi connectivity index (χ2v) is 4.92. The highest BCUT2D eigenvalue weighted by atomic mass is 35.5. The molecule has 3 N–H and O–H groups in total. The highest BCUT2D eigenvalue weighted by molar-refractivity contribution is 7.14. The molecule has 1 aromatic rings. The molecule has 1 aliphatic heterocycles. The van der Waals surface area contributed by atoms with Crippen LogP contribution in [0.3, 0.4) is 0 Å². The zero-order valence-electron chi connectivity index (χ0n) is 7.50. The molecule has 3 nitrogen and oxygen atoms in total. The first-order valence-corrected chi connectivity index (χ1v) is 5.72. The maximum atomic E-state index is 11.2. The van der Waals surface area contributed by atoms with Gasteiger partial charge in [0.25, 0.3) is 0 Å². The summed E-state index contributed by atoms with van der Waals surface area (Å²) in [6.45, 7) is 0. The molecule has 1 fully saturated rings. The molecule has 2 unspecified atom stereocenters. The van der Waals surface area contributed by atoms with Crippen LogP contribution in [0.5, 0.6) is 0 Å². The zero-order valence-corrected chi connectivity index (χ0v) is 9.07. The molecule has 2 atom stereocenters. The van der Waals surface area contributed by atoms with Gasteiger partial charge in [-0.3, -0.25) is 4.79 Å². The van der Waals surface area contributed by atoms with Gasteiger partial charge in [-0.15, -0.1) is 11.3 Å². The topological polar surface area (TPSA) is 55.1 Å². The average Bonchev–Trinajstić information content (AvgIpc) is 2.56. The van der Waals surface area contributed by atoms with Gasteiger partial charge in [0.15, 0.2) is 0 Å². The molecule has 1 aromatic heterocycles. The molecule has 1 amide bonds. The minimum absolute atomic E-state index is 0.0280. The van der Waals surface area contributed by atoms with Crippen LogP contribution in [0.1, 0.15) is 24.4 Å². The molecule has 0 bridgehead atoms. The van der Waals surface area contributed by atoms with Crippen LogP contribution in [0.4, 0.5) is 0 Å². The summed E-state index contributed by atoms with van der Waals surface area (Å²) in [5.41, 5.74) is 6.87. The minimum atomic E-state index is -0.116. The molecule has 14 heavy (non-hydrogen) atoms. The predicted octanol–water partition coefficient (Wildman–Crippen LogP) is 1.68. The van der Waals surface area contributed by atoms with Crippen LogP contribution in [0.15, 0.2) is 11.4 Å². The molecule has 2 rings (SSSR count). The first kappa shape index (κ1) is 9.96. The van der Waals surface area contributed by atoms with Gasteiger partial charge in [0.05, 0.1) is 10.4 Å². The molecule has 2 heterocycles. The van der Waals surface area contributed by atoms with Gasteiger partial charge >= 0.3 is 0 Å². The second-order valence-electron chi connectivity index (χ2n) is 3.40. The Morgan fingerprint density at radius 1 is 1.64 bits per heavy atom. The SMILES string of the molecule is NC1CCC(=O)NC1c1ccsc1Cl. The number of hydrogen-bond donors (Lipinski definition) is 2. The molecule has 0 spiro atoms. The first-order chi connectivity index (χ1) is 6.68. The van der Waals surface area contributed by atoms with Crippen LogP contribution in [-0.4, -0.2) is 11.9 Å². The van der Waals surface area contributed by atoms with E-state index in [4.69, 9.17) is 17.3 Å². The van der Waals surface area contributed by atoms with E-state index in [1.54, 1.807) is 0 Å². The van der Waals surface area contributed by atoms with E-state index in [-0.39, 0.29) is 18.0 Å². The molecule has 0 saturated carbocycles. The molecule has 1 aliphatic rings. The van der Waals surface area contributed by atoms with Crippen LogP contribution in [0.25, 0.3) is 0 Å². The summed E-state index contributed by atoms with van der Waals surface area (Å²) >= 11 is 7.46. The number of amides is 1. The third-order valence-corrected chi connectivity index (χ3v) is 3.63. The van der Waals surface area contributed by atoms with Crippen LogP contribution >= 0.6 is 22.9 Å². The maximum absolute atomic E-state index is 11.2. The Morgan fingerprint density at radius 2 is 2.43 bits per heavy atom. The Bertz CT molecular complexity index is 352. The van der Waals surface area contributed by atoms with E-state index in [0.717, 1.165) is 12.0 Å². The van der Waals surface area contributed by atoms with Crippen LogP contribution in [0, 0.1) is 0 Å². The zero-order chi connectivity index (χ0) is 10.1. The largest absolute Gasteiger partial charge is 0.348 e. The van der Waals surface area contributed by atoms with E-state index in [1.807, 2.05) is 11.4 Å². The Kier molecular flexibility index (Phi) is 2.76. The minimum Gasteiger partial charge on any atom is -0.348 e. The third kappa shape index (κ3) is 1.78. The van der Waals surface area contributed by atoms with Crippen molar-refractivity contribution in [3.8, 4) is 0 Å². The number of thiophene rings is 1. The van der Waals surface area contributed by atoms with Crippen molar-refractivity contribution in [1.82, 2.24) is 5.32 Å². The number of nitrogens with one attached hydrogen (secondary N) is 1. The molecule has 5 heteroatoms. The van der Waals surface area contributed by atoms with Crippen molar-refractivity contribution >= 4 is 28.8 Å². The fourth-order valence-corrected chi connectivity index (χ4v) is 2.65. The number of carbonyl (C=O) groups excluding carboxylic acids is 1. The van der Waals surface area contributed by atoms with E-state index in [2.05, 4.69) is 5.32 Å². The Morgan fingerprint density at radius 3 is 3.07 bits per heavy atom. The van der Waals surface area contributed by atoms with Crippen molar-refractivity contribution in [2.24, 2.45) is 5.73 Å². The lowest BCUT2D eigenvalue weighted by atomic mass is 9.94. The summed E-state index contributed by atoms with van der Waals surface area (Å²) in [4.78, 5) is 11.2. The van der Waals surface area contributed by atoms with Crippen LogP contribution < -0.4 is 11.1 Å². The van der Waals surface area contributed by atoms with Gasteiger partial charge in [0.2, 0.25) is 5.91 Å². The molecule has 0 radical (unpaired) electrons. The van der Waals surface area contributed by atoms with Gasteiger partial charge in [-0.05, 0) is 17.9 Å². The molecule has 1 saturated heterocycles. The van der Waals surface area contributed by atoms with Gasteiger partial charge in [-0.2, -0.15) is 0 Å². The Labute approximate surface area is 91.2 Å². The van der Waals surface area contributed by atoms with Crippen molar-refractivity contribution in [2.45, 2.75) is 24.9 Å². The summed E-state index contributed by atoms with van der Waals surface area (Å²) in [6.07, 6.45) is 1.24. The number of rotatable bonds is 1. The van der Waals surface area contributed by atoms with E-state index < -0.39 is 0 Å². The van der Waals surface area contributed by atoms with E-state index in [9.17, 15) is 4.79 Å². The van der Waals surface area contributed by atoms with Crippen LogP contribution in [0.2, 0.25) is 4.34 Å². The number of halogens is 1. The van der Waals surface area contributed by atoms with Crippen molar-refractivity contribution in [3.63, 3.8) is 0 Å². The predicted molar refractivity (Wildman–Crippen MR) is 57.4 cm³/mol. The quantitative estimate of drug-likeness (QED) is 0.771. The monoisotopic (exact) mass is 230 g/mol. The van der Waals surface area contributed by atoms with Gasteiger partial charge in [-0.25, -0.2) is 0 Å². The molecule has 0 aromatic carbocycles. The van der Waals surface area contributed by atoms with E-state index in [0.29, 0.717) is 10.8 Å². The normalized spacial score (nSPS) is 27.4. The van der Waals surface area contributed by atoms with Gasteiger partial charge in [0, 0.05) is 18.0 Å². The van der Waals surface area contributed by atoms with Gasteiger partial charge in [-0.1, -0.05) is 11.6 Å². The summed E-state index contributed by atoms with van der Waals surface area (Å²) in [7, 11) is 0. The van der Waals surface area contributed by atoms with Crippen LogP contribution in [-0.2, 0) is 4.79 Å². The van der Waals surface area contributed by atoms with Gasteiger partial charge in [0.1, 0.15) is 0 Å². The summed E-state index contributed by atoms with van der Waals surface area (Å²) in [6, 6.07) is 1.78. The van der Waals surface area contributed by atoms with Crippen molar-refractivity contribution in [3.05, 3.63) is 21.3 Å². The standard InChI is InChI=1S/C9H11ClN2OS/c10-9-5(3-4-14-9)8-6(11)1-2-7(13)12-8/h3-4,6,8H,1-2,11H2,(H,12,13). The smallest absolute Gasteiger partial charge is 0.220 e. The number of piperidine rings is 1. The summed E-state index contributed by atoms with van der Waals surface area (Å²) in [5, 5.41) is 4.78. The number of hydrogen-bond acceptors (Lipinski definition) is 3. The molecular formula is C9H11ClN2OS. The Hall–Kier alpha value is -0.580. The lowest BCUT2D eigenvalue weighted by molar-refractivity contribution is -0.123. The summed E-state index contributed by atoms with van der Waals surface area (Å²) < 4.78 is 0.715. The highest BCUT2D eigenvalue weighted by Crippen LogP contribution is 2.32. The van der Waals surface area contributed by atoms with Gasteiger partial charge < -0.3 is 11.1 Å². The maximum Gasteiger partial charge on any atom is 0.220 e. The highest BCUT2D eigenvalue weighted by Gasteiger charge is 2.28. The molecule has 76 valence electrons. The Balaban J connectivity index is 2.24. The molecular weight excluding hydrogens is 220 g/mol.